The van der Waals surface area contributed by atoms with Gasteiger partial charge in [-0.15, -0.1) is 0 Å². The number of hydrogen-bond acceptors (Lipinski definition) is 3. The maximum absolute atomic E-state index is 13.6. The number of hydrogen-bond donors (Lipinski definition) is 1. The van der Waals surface area contributed by atoms with Crippen molar-refractivity contribution in [3.63, 3.8) is 0 Å². The monoisotopic (exact) mass is 361 g/mol. The Morgan fingerprint density at radius 2 is 2.08 bits per heavy atom. The van der Waals surface area contributed by atoms with Crippen molar-refractivity contribution in [2.45, 2.75) is 27.3 Å². The maximum Gasteiger partial charge on any atom is 0.194 e. The highest BCUT2D eigenvalue weighted by Crippen LogP contribution is 2.15. The third kappa shape index (κ3) is 4.97. The number of nitrogens with zero attached hydrogens (tertiary/aromatic N) is 4. The highest BCUT2D eigenvalue weighted by atomic mass is 19.1. The highest BCUT2D eigenvalue weighted by Gasteiger charge is 2.11. The minimum Gasteiger partial charge on any atom is -0.489 e. The molecule has 2 aromatic rings. The van der Waals surface area contributed by atoms with Crippen LogP contribution in [0.4, 0.5) is 4.39 Å². The Hall–Kier alpha value is -2.57. The summed E-state index contributed by atoms with van der Waals surface area (Å²) in [6, 6.07) is 6.42. The molecule has 0 bridgehead atoms. The van der Waals surface area contributed by atoms with Gasteiger partial charge in [-0.05, 0) is 32.9 Å². The molecule has 0 fully saturated rings. The van der Waals surface area contributed by atoms with Crippen LogP contribution in [0.2, 0.25) is 0 Å². The summed E-state index contributed by atoms with van der Waals surface area (Å²) in [6.45, 7) is 8.35. The second-order valence-corrected chi connectivity index (χ2v) is 6.14. The average Bonchev–Trinajstić information content (AvgIpc) is 2.85. The standard InChI is InChI=1S/C19H28FN5O/c1-6-21-19(22-13-16-14(2)23-25(5)15(16)3)24(4)11-12-26-18-10-8-7-9-17(18)20/h7-10H,6,11-13H2,1-5H3,(H,21,22). The topological polar surface area (TPSA) is 54.7 Å². The fourth-order valence-electron chi connectivity index (χ4n) is 2.63. The summed E-state index contributed by atoms with van der Waals surface area (Å²) < 4.78 is 21.0. The number of aromatic nitrogens is 2. The lowest BCUT2D eigenvalue weighted by Crippen LogP contribution is -2.40. The molecule has 0 atom stereocenters. The van der Waals surface area contributed by atoms with Crippen molar-refractivity contribution >= 4 is 5.96 Å². The Bertz CT molecular complexity index is 756. The van der Waals surface area contributed by atoms with E-state index in [9.17, 15) is 4.39 Å². The van der Waals surface area contributed by atoms with Gasteiger partial charge in [0, 0.05) is 31.9 Å². The lowest BCUT2D eigenvalue weighted by atomic mass is 10.2. The fraction of sp³-hybridized carbons (Fsp3) is 0.474. The number of benzene rings is 1. The lowest BCUT2D eigenvalue weighted by molar-refractivity contribution is 0.270. The molecular weight excluding hydrogens is 333 g/mol. The summed E-state index contributed by atoms with van der Waals surface area (Å²) in [5, 5.41) is 7.71. The second kappa shape index (κ2) is 9.22. The molecular formula is C19H28FN5O. The molecule has 0 aliphatic carbocycles. The quantitative estimate of drug-likeness (QED) is 0.608. The van der Waals surface area contributed by atoms with Gasteiger partial charge in [0.1, 0.15) is 6.61 Å². The first-order valence-electron chi connectivity index (χ1n) is 8.79. The van der Waals surface area contributed by atoms with Gasteiger partial charge < -0.3 is 15.0 Å². The van der Waals surface area contributed by atoms with Gasteiger partial charge in [-0.1, -0.05) is 12.1 Å². The molecule has 1 aromatic carbocycles. The summed E-state index contributed by atoms with van der Waals surface area (Å²) >= 11 is 0. The van der Waals surface area contributed by atoms with E-state index in [1.54, 1.807) is 18.2 Å². The molecule has 0 aliphatic rings. The van der Waals surface area contributed by atoms with Crippen LogP contribution >= 0.6 is 0 Å². The van der Waals surface area contributed by atoms with E-state index in [1.165, 1.54) is 6.07 Å². The third-order valence-electron chi connectivity index (χ3n) is 4.26. The second-order valence-electron chi connectivity index (χ2n) is 6.14. The molecule has 0 aliphatic heterocycles. The van der Waals surface area contributed by atoms with Crippen molar-refractivity contribution in [1.82, 2.24) is 20.0 Å². The summed E-state index contributed by atoms with van der Waals surface area (Å²) in [5.41, 5.74) is 3.25. The van der Waals surface area contributed by atoms with E-state index in [4.69, 9.17) is 9.73 Å². The maximum atomic E-state index is 13.6. The van der Waals surface area contributed by atoms with E-state index < -0.39 is 0 Å². The van der Waals surface area contributed by atoms with Crippen LogP contribution in [0.5, 0.6) is 5.75 Å². The van der Waals surface area contributed by atoms with Crippen LogP contribution in [-0.2, 0) is 13.6 Å². The zero-order valence-corrected chi connectivity index (χ0v) is 16.2. The first-order valence-corrected chi connectivity index (χ1v) is 8.79. The Kier molecular flexibility index (Phi) is 7.00. The molecule has 0 spiro atoms. The van der Waals surface area contributed by atoms with Crippen LogP contribution in [0.1, 0.15) is 23.9 Å². The molecule has 1 heterocycles. The normalized spacial score (nSPS) is 11.5. The van der Waals surface area contributed by atoms with E-state index >= 15 is 0 Å². The van der Waals surface area contributed by atoms with Gasteiger partial charge in [0.25, 0.3) is 0 Å². The average molecular weight is 361 g/mol. The summed E-state index contributed by atoms with van der Waals surface area (Å²) in [7, 11) is 3.88. The van der Waals surface area contributed by atoms with Crippen LogP contribution < -0.4 is 10.1 Å². The molecule has 6 nitrogen and oxygen atoms in total. The minimum atomic E-state index is -0.349. The van der Waals surface area contributed by atoms with Crippen LogP contribution in [0.15, 0.2) is 29.3 Å². The molecule has 2 rings (SSSR count). The first-order chi connectivity index (χ1) is 12.4. The molecule has 0 amide bonds. The number of guanidine groups is 1. The number of para-hydroxylation sites is 1. The number of aryl methyl sites for hydroxylation is 2. The van der Waals surface area contributed by atoms with E-state index in [1.807, 2.05) is 44.4 Å². The molecule has 0 unspecified atom stereocenters. The molecule has 0 radical (unpaired) electrons. The van der Waals surface area contributed by atoms with Crippen LogP contribution in [-0.4, -0.2) is 47.4 Å². The van der Waals surface area contributed by atoms with Crippen LogP contribution in [0, 0.1) is 19.7 Å². The number of aliphatic imine (C=N–C) groups is 1. The van der Waals surface area contributed by atoms with E-state index in [2.05, 4.69) is 10.4 Å². The molecule has 0 saturated carbocycles. The van der Waals surface area contributed by atoms with Crippen LogP contribution in [0.25, 0.3) is 0 Å². The highest BCUT2D eigenvalue weighted by molar-refractivity contribution is 5.79. The number of nitrogens with one attached hydrogen (secondary N) is 1. The predicted octanol–water partition coefficient (Wildman–Crippen LogP) is 2.65. The van der Waals surface area contributed by atoms with Crippen molar-refractivity contribution in [3.8, 4) is 5.75 Å². The van der Waals surface area contributed by atoms with Gasteiger partial charge in [-0.2, -0.15) is 5.10 Å². The van der Waals surface area contributed by atoms with Gasteiger partial charge in [0.05, 0.1) is 18.8 Å². The molecule has 7 heteroatoms. The van der Waals surface area contributed by atoms with Crippen molar-refractivity contribution in [2.75, 3.05) is 26.7 Å². The molecule has 26 heavy (non-hydrogen) atoms. The number of rotatable bonds is 7. The number of ether oxygens (including phenoxy) is 1. The SMILES string of the molecule is CCNC(=NCc1c(C)nn(C)c1C)N(C)CCOc1ccccc1F. The molecule has 1 aromatic heterocycles. The van der Waals surface area contributed by atoms with Gasteiger partial charge >= 0.3 is 0 Å². The van der Waals surface area contributed by atoms with Gasteiger partial charge in [-0.25, -0.2) is 9.38 Å². The fourth-order valence-corrected chi connectivity index (χ4v) is 2.63. The van der Waals surface area contributed by atoms with Gasteiger partial charge in [0.15, 0.2) is 17.5 Å². The van der Waals surface area contributed by atoms with Crippen molar-refractivity contribution in [1.29, 1.82) is 0 Å². The third-order valence-corrected chi connectivity index (χ3v) is 4.26. The lowest BCUT2D eigenvalue weighted by Gasteiger charge is -2.22. The Morgan fingerprint density at radius 3 is 2.69 bits per heavy atom. The zero-order valence-electron chi connectivity index (χ0n) is 16.2. The van der Waals surface area contributed by atoms with Crippen LogP contribution in [0.3, 0.4) is 0 Å². The summed E-state index contributed by atoms with van der Waals surface area (Å²) in [5.74, 6) is 0.704. The van der Waals surface area contributed by atoms with Gasteiger partial charge in [-0.3, -0.25) is 4.68 Å². The predicted molar refractivity (Wildman–Crippen MR) is 102 cm³/mol. The Labute approximate surface area is 154 Å². The summed E-state index contributed by atoms with van der Waals surface area (Å²) in [6.07, 6.45) is 0. The van der Waals surface area contributed by atoms with E-state index in [-0.39, 0.29) is 11.6 Å². The minimum absolute atomic E-state index is 0.268. The smallest absolute Gasteiger partial charge is 0.194 e. The largest absolute Gasteiger partial charge is 0.489 e. The zero-order chi connectivity index (χ0) is 19.1. The Balaban J connectivity index is 1.97. The molecule has 1 N–H and O–H groups in total. The number of halogens is 1. The molecule has 0 saturated heterocycles. The van der Waals surface area contributed by atoms with Gasteiger partial charge in [0.2, 0.25) is 0 Å². The van der Waals surface area contributed by atoms with Crippen molar-refractivity contribution in [2.24, 2.45) is 12.0 Å². The van der Waals surface area contributed by atoms with E-state index in [0.29, 0.717) is 19.7 Å². The van der Waals surface area contributed by atoms with E-state index in [0.717, 1.165) is 29.5 Å². The summed E-state index contributed by atoms with van der Waals surface area (Å²) in [4.78, 5) is 6.69. The molecule has 142 valence electrons. The van der Waals surface area contributed by atoms with Crippen molar-refractivity contribution in [3.05, 3.63) is 47.0 Å². The van der Waals surface area contributed by atoms with Crippen molar-refractivity contribution < 1.29 is 9.13 Å². The Morgan fingerprint density at radius 1 is 1.35 bits per heavy atom. The number of likely N-dealkylation sites (N-methyl/N-ethyl adjacent to an activating group) is 1. The first kappa shape index (κ1) is 19.8.